The minimum Gasteiger partial charge on any atom is -0.392 e. The van der Waals surface area contributed by atoms with Crippen molar-refractivity contribution in [3.05, 3.63) is 77.6 Å². The molecule has 170 valence electrons. The molecule has 0 saturated heterocycles. The van der Waals surface area contributed by atoms with E-state index in [1.165, 1.54) is 35.0 Å². The third-order valence-electron chi connectivity index (χ3n) is 4.88. The predicted molar refractivity (Wildman–Crippen MR) is 115 cm³/mol. The molecule has 0 aliphatic heterocycles. The second kappa shape index (κ2) is 8.43. The van der Waals surface area contributed by atoms with Gasteiger partial charge in [0.2, 0.25) is 0 Å². The zero-order valence-electron chi connectivity index (χ0n) is 16.8. The van der Waals surface area contributed by atoms with Gasteiger partial charge in [-0.05, 0) is 48.5 Å². The van der Waals surface area contributed by atoms with E-state index >= 15 is 0 Å². The van der Waals surface area contributed by atoms with Crippen LogP contribution in [0, 0.1) is 5.82 Å². The number of anilines is 3. The lowest BCUT2D eigenvalue weighted by Crippen LogP contribution is -2.19. The van der Waals surface area contributed by atoms with Crippen molar-refractivity contribution in [2.45, 2.75) is 12.8 Å². The van der Waals surface area contributed by atoms with Crippen molar-refractivity contribution in [1.29, 1.82) is 0 Å². The Balaban J connectivity index is 1.53. The first-order chi connectivity index (χ1) is 15.7. The van der Waals surface area contributed by atoms with Crippen molar-refractivity contribution in [1.82, 2.24) is 9.78 Å². The van der Waals surface area contributed by atoms with Gasteiger partial charge < -0.3 is 21.5 Å². The Bertz CT molecular complexity index is 1330. The summed E-state index contributed by atoms with van der Waals surface area (Å²) in [4.78, 5) is 12.2. The fourth-order valence-electron chi connectivity index (χ4n) is 3.29. The number of fused-ring (bicyclic) bond motifs is 1. The first kappa shape index (κ1) is 22.1. The van der Waals surface area contributed by atoms with Crippen molar-refractivity contribution < 1.29 is 27.5 Å². The molecular weight excluding hydrogens is 442 g/mol. The van der Waals surface area contributed by atoms with Gasteiger partial charge in [-0.2, -0.15) is 13.2 Å². The number of carbonyl (C=O) groups is 1. The van der Waals surface area contributed by atoms with E-state index in [0.29, 0.717) is 16.8 Å². The molecule has 2 amide bonds. The molecule has 0 saturated carbocycles. The molecule has 0 aliphatic rings. The summed E-state index contributed by atoms with van der Waals surface area (Å²) in [6, 6.07) is 12.6. The lowest BCUT2D eigenvalue weighted by atomic mass is 10.1. The summed E-state index contributed by atoms with van der Waals surface area (Å²) in [5, 5.41) is 18.7. The number of alkyl halides is 3. The monoisotopic (exact) mass is 459 g/mol. The number of aliphatic hydroxyl groups is 1. The van der Waals surface area contributed by atoms with E-state index in [4.69, 9.17) is 5.73 Å². The fourth-order valence-corrected chi connectivity index (χ4v) is 3.29. The van der Waals surface area contributed by atoms with Crippen LogP contribution in [0.25, 0.3) is 16.6 Å². The molecule has 0 spiro atoms. The molecule has 3 aromatic carbocycles. The zero-order chi connectivity index (χ0) is 23.8. The molecule has 4 aromatic rings. The second-order valence-electron chi connectivity index (χ2n) is 7.09. The quantitative estimate of drug-likeness (QED) is 0.326. The number of hydrogen-bond acceptors (Lipinski definition) is 4. The molecule has 1 aromatic heterocycles. The van der Waals surface area contributed by atoms with E-state index in [1.54, 1.807) is 18.2 Å². The van der Waals surface area contributed by atoms with E-state index in [0.717, 1.165) is 12.1 Å². The molecule has 33 heavy (non-hydrogen) atoms. The van der Waals surface area contributed by atoms with Crippen molar-refractivity contribution in [2.75, 3.05) is 16.4 Å². The van der Waals surface area contributed by atoms with Crippen molar-refractivity contribution >= 4 is 34.1 Å². The number of benzene rings is 3. The van der Waals surface area contributed by atoms with E-state index in [-0.39, 0.29) is 22.6 Å². The largest absolute Gasteiger partial charge is 0.416 e. The van der Waals surface area contributed by atoms with Crippen LogP contribution < -0.4 is 16.4 Å². The van der Waals surface area contributed by atoms with Gasteiger partial charge in [0.25, 0.3) is 0 Å². The molecule has 1 heterocycles. The van der Waals surface area contributed by atoms with Crippen LogP contribution in [0.15, 0.2) is 60.7 Å². The van der Waals surface area contributed by atoms with Crippen LogP contribution in [0.3, 0.4) is 0 Å². The number of nitrogens with two attached hydrogens (primary N) is 1. The maximum Gasteiger partial charge on any atom is 0.416 e. The predicted octanol–water partition coefficient (Wildman–Crippen LogP) is 4.90. The number of halogens is 4. The Labute approximate surface area is 184 Å². The van der Waals surface area contributed by atoms with Crippen LogP contribution in [0.4, 0.5) is 39.5 Å². The van der Waals surface area contributed by atoms with E-state index in [1.807, 2.05) is 0 Å². The molecule has 0 unspecified atom stereocenters. The molecule has 7 nitrogen and oxygen atoms in total. The molecule has 11 heteroatoms. The Kier molecular flexibility index (Phi) is 5.64. The maximum atomic E-state index is 14.8. The van der Waals surface area contributed by atoms with Crippen LogP contribution in [0.1, 0.15) is 11.1 Å². The molecule has 0 aliphatic carbocycles. The van der Waals surface area contributed by atoms with Gasteiger partial charge in [-0.3, -0.25) is 0 Å². The van der Waals surface area contributed by atoms with Crippen molar-refractivity contribution in [3.8, 4) is 5.69 Å². The summed E-state index contributed by atoms with van der Waals surface area (Å²) in [5.74, 6) is -0.544. The first-order valence-electron chi connectivity index (χ1n) is 9.59. The SMILES string of the molecule is Nc1nn(-c2ccc(NC(=O)Nc3cccc(C(F)(F)F)c3)cc2)c2c(F)c(CO)ccc12. The number of aromatic nitrogens is 2. The molecule has 0 atom stereocenters. The number of nitrogen functional groups attached to an aromatic ring is 1. The summed E-state index contributed by atoms with van der Waals surface area (Å²) >= 11 is 0. The highest BCUT2D eigenvalue weighted by Crippen LogP contribution is 2.31. The second-order valence-corrected chi connectivity index (χ2v) is 7.09. The number of carbonyl (C=O) groups excluding carboxylic acids is 1. The Morgan fingerprint density at radius 2 is 1.73 bits per heavy atom. The van der Waals surface area contributed by atoms with Crippen LogP contribution in [-0.2, 0) is 12.8 Å². The number of nitrogens with one attached hydrogen (secondary N) is 2. The molecular formula is C22H17F4N5O2. The lowest BCUT2D eigenvalue weighted by Gasteiger charge is -2.11. The smallest absolute Gasteiger partial charge is 0.392 e. The van der Waals surface area contributed by atoms with Gasteiger partial charge >= 0.3 is 12.2 Å². The molecule has 0 fully saturated rings. The normalized spacial score (nSPS) is 11.5. The van der Waals surface area contributed by atoms with E-state index < -0.39 is 30.2 Å². The summed E-state index contributed by atoms with van der Waals surface area (Å²) < 4.78 is 54.5. The fraction of sp³-hybridized carbons (Fsp3) is 0.0909. The van der Waals surface area contributed by atoms with Crippen molar-refractivity contribution in [3.63, 3.8) is 0 Å². The highest BCUT2D eigenvalue weighted by atomic mass is 19.4. The van der Waals surface area contributed by atoms with Gasteiger partial charge in [-0.25, -0.2) is 13.9 Å². The number of hydrogen-bond donors (Lipinski definition) is 4. The van der Waals surface area contributed by atoms with E-state index in [2.05, 4.69) is 15.7 Å². The summed E-state index contributed by atoms with van der Waals surface area (Å²) in [6.45, 7) is -0.489. The van der Waals surface area contributed by atoms with Crippen LogP contribution in [-0.4, -0.2) is 20.9 Å². The summed E-state index contributed by atoms with van der Waals surface area (Å²) in [7, 11) is 0. The molecule has 0 bridgehead atoms. The van der Waals surface area contributed by atoms with Crippen molar-refractivity contribution in [2.24, 2.45) is 0 Å². The minimum absolute atomic E-state index is 0.0207. The van der Waals surface area contributed by atoms with Gasteiger partial charge in [0, 0.05) is 22.3 Å². The van der Waals surface area contributed by atoms with Gasteiger partial charge in [-0.15, -0.1) is 5.10 Å². The number of rotatable bonds is 4. The highest BCUT2D eigenvalue weighted by Gasteiger charge is 2.30. The van der Waals surface area contributed by atoms with Gasteiger partial charge in [0.15, 0.2) is 11.6 Å². The van der Waals surface area contributed by atoms with E-state index in [9.17, 15) is 27.5 Å². The minimum atomic E-state index is -4.53. The topological polar surface area (TPSA) is 105 Å². The molecule has 4 rings (SSSR count). The first-order valence-corrected chi connectivity index (χ1v) is 9.59. The molecule has 0 radical (unpaired) electrons. The number of aliphatic hydroxyl groups excluding tert-OH is 1. The average molecular weight is 459 g/mol. The molecule has 5 N–H and O–H groups in total. The third-order valence-corrected chi connectivity index (χ3v) is 4.88. The average Bonchev–Trinajstić information content (AvgIpc) is 3.11. The summed E-state index contributed by atoms with van der Waals surface area (Å²) in [5.41, 5.74) is 5.95. The Morgan fingerprint density at radius 1 is 1.03 bits per heavy atom. The summed E-state index contributed by atoms with van der Waals surface area (Å²) in [6.07, 6.45) is -4.53. The zero-order valence-corrected chi connectivity index (χ0v) is 16.8. The Morgan fingerprint density at radius 3 is 2.39 bits per heavy atom. The van der Waals surface area contributed by atoms with Crippen LogP contribution in [0.2, 0.25) is 0 Å². The maximum absolute atomic E-state index is 14.8. The standard InChI is InChI=1S/C22H17F4N5O2/c23-18-12(11-32)4-9-17-19(18)31(30-20(17)27)16-7-5-14(6-8-16)28-21(33)29-15-3-1-2-13(10-15)22(24,25)26/h1-10,32H,11H2,(H2,27,30)(H2,28,29,33). The Hall–Kier alpha value is -4.12. The van der Waals surface area contributed by atoms with Crippen LogP contribution >= 0.6 is 0 Å². The number of nitrogens with zero attached hydrogens (tertiary/aromatic N) is 2. The highest BCUT2D eigenvalue weighted by molar-refractivity contribution is 6.00. The number of urea groups is 1. The third kappa shape index (κ3) is 4.44. The number of amides is 2. The van der Waals surface area contributed by atoms with Gasteiger partial charge in [-0.1, -0.05) is 12.1 Å². The van der Waals surface area contributed by atoms with Gasteiger partial charge in [0.1, 0.15) is 5.52 Å². The lowest BCUT2D eigenvalue weighted by molar-refractivity contribution is -0.137. The van der Waals surface area contributed by atoms with Crippen LogP contribution in [0.5, 0.6) is 0 Å². The van der Waals surface area contributed by atoms with Gasteiger partial charge in [0.05, 0.1) is 17.9 Å².